The predicted octanol–water partition coefficient (Wildman–Crippen LogP) is 0.785. The molecule has 3 aromatic rings. The standard InChI is InChI=1S/C15H16N8OS/c1-11-14(25-20-17-11)15(24)22-8-6-21(7-9-22)12-2-3-13(19-18-12)23-5-4-16-10-23/h2-5,10H,6-9H2,1H3. The summed E-state index contributed by atoms with van der Waals surface area (Å²) in [7, 11) is 0. The Labute approximate surface area is 148 Å². The zero-order valence-electron chi connectivity index (χ0n) is 13.6. The smallest absolute Gasteiger partial charge is 0.267 e. The number of amides is 1. The van der Waals surface area contributed by atoms with Crippen LogP contribution in [0.1, 0.15) is 15.4 Å². The largest absolute Gasteiger partial charge is 0.352 e. The third-order valence-corrected chi connectivity index (χ3v) is 4.96. The summed E-state index contributed by atoms with van der Waals surface area (Å²) in [4.78, 5) is 21.1. The van der Waals surface area contributed by atoms with E-state index < -0.39 is 0 Å². The van der Waals surface area contributed by atoms with Gasteiger partial charge in [0, 0.05) is 38.6 Å². The Morgan fingerprint density at radius 2 is 1.84 bits per heavy atom. The molecule has 0 saturated carbocycles. The molecule has 1 aliphatic heterocycles. The van der Waals surface area contributed by atoms with Crippen LogP contribution in [0.25, 0.3) is 5.82 Å². The molecule has 0 spiro atoms. The molecule has 25 heavy (non-hydrogen) atoms. The van der Waals surface area contributed by atoms with Gasteiger partial charge in [0.25, 0.3) is 5.91 Å². The van der Waals surface area contributed by atoms with E-state index in [4.69, 9.17) is 0 Å². The van der Waals surface area contributed by atoms with Crippen molar-refractivity contribution in [2.24, 2.45) is 0 Å². The summed E-state index contributed by atoms with van der Waals surface area (Å²) in [5.41, 5.74) is 0.693. The molecular formula is C15H16N8OS. The molecule has 10 heteroatoms. The highest BCUT2D eigenvalue weighted by Crippen LogP contribution is 2.17. The molecule has 128 valence electrons. The molecule has 9 nitrogen and oxygen atoms in total. The number of nitrogens with zero attached hydrogens (tertiary/aromatic N) is 8. The maximum Gasteiger partial charge on any atom is 0.267 e. The molecule has 1 saturated heterocycles. The van der Waals surface area contributed by atoms with Gasteiger partial charge >= 0.3 is 0 Å². The van der Waals surface area contributed by atoms with Gasteiger partial charge in [-0.1, -0.05) is 4.49 Å². The molecule has 0 unspecified atom stereocenters. The van der Waals surface area contributed by atoms with Gasteiger partial charge in [0.05, 0.1) is 5.69 Å². The van der Waals surface area contributed by atoms with Crippen LogP contribution in [-0.2, 0) is 0 Å². The first kappa shape index (κ1) is 15.6. The van der Waals surface area contributed by atoms with Gasteiger partial charge in [-0.3, -0.25) is 9.36 Å². The Bertz CT molecular complexity index is 852. The number of hydrogen-bond donors (Lipinski definition) is 0. The van der Waals surface area contributed by atoms with E-state index in [0.717, 1.165) is 36.3 Å². The number of aryl methyl sites for hydroxylation is 1. The lowest BCUT2D eigenvalue weighted by atomic mass is 10.2. The zero-order chi connectivity index (χ0) is 17.2. The van der Waals surface area contributed by atoms with Crippen molar-refractivity contribution in [2.45, 2.75) is 6.92 Å². The van der Waals surface area contributed by atoms with E-state index in [-0.39, 0.29) is 5.91 Å². The first-order chi connectivity index (χ1) is 12.2. The van der Waals surface area contributed by atoms with Crippen LogP contribution in [0.4, 0.5) is 5.82 Å². The molecule has 1 aliphatic rings. The van der Waals surface area contributed by atoms with Crippen LogP contribution in [0.5, 0.6) is 0 Å². The molecule has 0 radical (unpaired) electrons. The number of carbonyl (C=O) groups is 1. The summed E-state index contributed by atoms with van der Waals surface area (Å²) in [6, 6.07) is 3.85. The number of hydrogen-bond acceptors (Lipinski definition) is 8. The Balaban J connectivity index is 1.40. The van der Waals surface area contributed by atoms with E-state index in [1.807, 2.05) is 30.2 Å². The fourth-order valence-electron chi connectivity index (χ4n) is 2.73. The maximum atomic E-state index is 12.5. The van der Waals surface area contributed by atoms with E-state index in [9.17, 15) is 4.79 Å². The normalized spacial score (nSPS) is 14.8. The molecule has 0 bridgehead atoms. The second-order valence-corrected chi connectivity index (χ2v) is 6.44. The number of carbonyl (C=O) groups excluding carboxylic acids is 1. The summed E-state index contributed by atoms with van der Waals surface area (Å²) in [6.07, 6.45) is 5.21. The fraction of sp³-hybridized carbons (Fsp3) is 0.333. The monoisotopic (exact) mass is 356 g/mol. The SMILES string of the molecule is Cc1nnsc1C(=O)N1CCN(c2ccc(-n3ccnc3)nn2)CC1. The van der Waals surface area contributed by atoms with Crippen molar-refractivity contribution in [1.29, 1.82) is 0 Å². The number of piperazine rings is 1. The average Bonchev–Trinajstić information content (AvgIpc) is 3.33. The van der Waals surface area contributed by atoms with Gasteiger partial charge in [0.2, 0.25) is 0 Å². The van der Waals surface area contributed by atoms with Gasteiger partial charge in [0.1, 0.15) is 11.2 Å². The van der Waals surface area contributed by atoms with E-state index >= 15 is 0 Å². The van der Waals surface area contributed by atoms with Crippen LogP contribution in [0.2, 0.25) is 0 Å². The van der Waals surface area contributed by atoms with Crippen molar-refractivity contribution in [3.8, 4) is 5.82 Å². The first-order valence-corrected chi connectivity index (χ1v) is 8.65. The topological polar surface area (TPSA) is 92.9 Å². The number of imidazole rings is 1. The van der Waals surface area contributed by atoms with Crippen molar-refractivity contribution in [2.75, 3.05) is 31.1 Å². The van der Waals surface area contributed by atoms with Gasteiger partial charge in [-0.25, -0.2) is 4.98 Å². The van der Waals surface area contributed by atoms with Gasteiger partial charge in [-0.05, 0) is 30.6 Å². The second kappa shape index (κ2) is 6.55. The molecule has 0 aromatic carbocycles. The van der Waals surface area contributed by atoms with Crippen molar-refractivity contribution in [3.05, 3.63) is 41.4 Å². The van der Waals surface area contributed by atoms with E-state index in [0.29, 0.717) is 23.7 Å². The summed E-state index contributed by atoms with van der Waals surface area (Å²) < 4.78 is 5.64. The van der Waals surface area contributed by atoms with E-state index in [1.165, 1.54) is 0 Å². The van der Waals surface area contributed by atoms with Gasteiger partial charge in [-0.15, -0.1) is 15.3 Å². The van der Waals surface area contributed by atoms with Crippen LogP contribution in [-0.4, -0.2) is 66.3 Å². The lowest BCUT2D eigenvalue weighted by Crippen LogP contribution is -2.49. The molecule has 4 rings (SSSR count). The van der Waals surface area contributed by atoms with E-state index in [1.54, 1.807) is 17.1 Å². The Hall–Kier alpha value is -2.88. The third-order valence-electron chi connectivity index (χ3n) is 4.14. The highest BCUT2D eigenvalue weighted by atomic mass is 32.1. The van der Waals surface area contributed by atoms with Crippen LogP contribution < -0.4 is 4.90 Å². The lowest BCUT2D eigenvalue weighted by molar-refractivity contribution is 0.0750. The van der Waals surface area contributed by atoms with Crippen LogP contribution >= 0.6 is 11.5 Å². The quantitative estimate of drug-likeness (QED) is 0.685. The molecule has 4 heterocycles. The molecule has 1 amide bonds. The Morgan fingerprint density at radius 3 is 2.44 bits per heavy atom. The minimum atomic E-state index is 0.00805. The molecular weight excluding hydrogens is 340 g/mol. The molecule has 0 N–H and O–H groups in total. The molecule has 3 aromatic heterocycles. The average molecular weight is 356 g/mol. The maximum absolute atomic E-state index is 12.5. The molecule has 0 atom stereocenters. The summed E-state index contributed by atoms with van der Waals surface area (Å²) in [6.45, 7) is 4.53. The van der Waals surface area contributed by atoms with E-state index in [2.05, 4.69) is 29.7 Å². The van der Waals surface area contributed by atoms with Gasteiger partial charge in [0.15, 0.2) is 11.6 Å². The van der Waals surface area contributed by atoms with Gasteiger partial charge in [-0.2, -0.15) is 0 Å². The zero-order valence-corrected chi connectivity index (χ0v) is 14.4. The molecule has 0 aliphatic carbocycles. The van der Waals surface area contributed by atoms with Crippen LogP contribution in [0.3, 0.4) is 0 Å². The Morgan fingerprint density at radius 1 is 1.08 bits per heavy atom. The minimum Gasteiger partial charge on any atom is -0.352 e. The van der Waals surface area contributed by atoms with Crippen LogP contribution in [0, 0.1) is 6.92 Å². The van der Waals surface area contributed by atoms with Crippen molar-refractivity contribution in [1.82, 2.24) is 34.2 Å². The van der Waals surface area contributed by atoms with Gasteiger partial charge < -0.3 is 9.80 Å². The number of aromatic nitrogens is 6. The lowest BCUT2D eigenvalue weighted by Gasteiger charge is -2.34. The summed E-state index contributed by atoms with van der Waals surface area (Å²) >= 11 is 1.15. The number of anilines is 1. The first-order valence-electron chi connectivity index (χ1n) is 7.87. The third kappa shape index (κ3) is 3.07. The predicted molar refractivity (Wildman–Crippen MR) is 91.9 cm³/mol. The van der Waals surface area contributed by atoms with Crippen molar-refractivity contribution < 1.29 is 4.79 Å². The summed E-state index contributed by atoms with van der Waals surface area (Å²) in [5, 5.41) is 12.4. The summed E-state index contributed by atoms with van der Waals surface area (Å²) in [5.74, 6) is 1.54. The van der Waals surface area contributed by atoms with Crippen molar-refractivity contribution >= 4 is 23.3 Å². The Kier molecular flexibility index (Phi) is 4.10. The fourth-order valence-corrected chi connectivity index (χ4v) is 3.35. The minimum absolute atomic E-state index is 0.00805. The number of rotatable bonds is 3. The second-order valence-electron chi connectivity index (χ2n) is 5.69. The molecule has 1 fully saturated rings. The van der Waals surface area contributed by atoms with Crippen LogP contribution in [0.15, 0.2) is 30.9 Å². The highest BCUT2D eigenvalue weighted by Gasteiger charge is 2.25. The highest BCUT2D eigenvalue weighted by molar-refractivity contribution is 7.07. The van der Waals surface area contributed by atoms with Crippen molar-refractivity contribution in [3.63, 3.8) is 0 Å².